The molecule has 0 spiro atoms. The Morgan fingerprint density at radius 3 is 2.88 bits per heavy atom. The second-order valence-corrected chi connectivity index (χ2v) is 7.83. The van der Waals surface area contributed by atoms with Crippen LogP contribution in [0.1, 0.15) is 32.3 Å². The second-order valence-electron chi connectivity index (χ2n) is 6.97. The summed E-state index contributed by atoms with van der Waals surface area (Å²) in [5, 5.41) is 6.06. The van der Waals surface area contributed by atoms with Crippen molar-refractivity contribution >= 4 is 22.9 Å². The second kappa shape index (κ2) is 6.08. The average Bonchev–Trinajstić information content (AvgIpc) is 3.07. The molecule has 3 heterocycles. The molecule has 3 aromatic rings. The molecule has 0 aliphatic carbocycles. The van der Waals surface area contributed by atoms with Gasteiger partial charge in [0.1, 0.15) is 5.01 Å². The maximum Gasteiger partial charge on any atom is 0.224 e. The Kier molecular flexibility index (Phi) is 3.88. The van der Waals surface area contributed by atoms with E-state index in [1.165, 1.54) is 5.56 Å². The van der Waals surface area contributed by atoms with Crippen LogP contribution < -0.4 is 5.32 Å². The van der Waals surface area contributed by atoms with E-state index in [0.717, 1.165) is 33.9 Å². The number of hydrogen-bond donors (Lipinski definition) is 1. The van der Waals surface area contributed by atoms with Crippen LogP contribution in [0.2, 0.25) is 0 Å². The highest BCUT2D eigenvalue weighted by atomic mass is 32.1. The molecule has 0 unspecified atom stereocenters. The molecule has 0 atom stereocenters. The van der Waals surface area contributed by atoms with Gasteiger partial charge in [0.05, 0.1) is 5.69 Å². The summed E-state index contributed by atoms with van der Waals surface area (Å²) >= 11 is 1.62. The monoisotopic (exact) mass is 349 g/mol. The van der Waals surface area contributed by atoms with Gasteiger partial charge in [0, 0.05) is 41.0 Å². The molecule has 25 heavy (non-hydrogen) atoms. The molecule has 1 amide bonds. The van der Waals surface area contributed by atoms with E-state index in [0.29, 0.717) is 6.42 Å². The van der Waals surface area contributed by atoms with Crippen LogP contribution in [0.25, 0.3) is 21.8 Å². The van der Waals surface area contributed by atoms with Crippen molar-refractivity contribution < 1.29 is 4.79 Å². The molecule has 126 valence electrons. The van der Waals surface area contributed by atoms with Gasteiger partial charge in [0.15, 0.2) is 0 Å². The van der Waals surface area contributed by atoms with Crippen LogP contribution in [-0.4, -0.2) is 15.9 Å². The zero-order valence-electron chi connectivity index (χ0n) is 14.2. The molecule has 0 bridgehead atoms. The molecule has 0 saturated carbocycles. The number of fused-ring (bicyclic) bond motifs is 1. The highest BCUT2D eigenvalue weighted by Gasteiger charge is 2.29. The third-order valence-corrected chi connectivity index (χ3v) is 5.60. The van der Waals surface area contributed by atoms with E-state index in [1.807, 2.05) is 30.5 Å². The van der Waals surface area contributed by atoms with Crippen molar-refractivity contribution in [2.24, 2.45) is 0 Å². The Morgan fingerprint density at radius 2 is 2.08 bits per heavy atom. The topological polar surface area (TPSA) is 54.9 Å². The van der Waals surface area contributed by atoms with E-state index < -0.39 is 0 Å². The summed E-state index contributed by atoms with van der Waals surface area (Å²) in [5.41, 5.74) is 5.10. The Balaban J connectivity index is 1.74. The van der Waals surface area contributed by atoms with Crippen molar-refractivity contribution in [3.05, 3.63) is 53.7 Å². The maximum atomic E-state index is 11.9. The summed E-state index contributed by atoms with van der Waals surface area (Å²) < 4.78 is 0. The zero-order chi connectivity index (χ0) is 17.4. The quantitative estimate of drug-likeness (QED) is 0.717. The fraction of sp³-hybridized carbons (Fsp3) is 0.250. The number of anilines is 1. The first kappa shape index (κ1) is 16.0. The molecule has 0 fully saturated rings. The van der Waals surface area contributed by atoms with Crippen LogP contribution in [0, 0.1) is 0 Å². The minimum absolute atomic E-state index is 0.0489. The first-order valence-corrected chi connectivity index (χ1v) is 9.22. The average molecular weight is 349 g/mol. The van der Waals surface area contributed by atoms with E-state index in [1.54, 1.807) is 17.5 Å². The van der Waals surface area contributed by atoms with Crippen molar-refractivity contribution in [2.45, 2.75) is 32.1 Å². The zero-order valence-corrected chi connectivity index (χ0v) is 15.1. The van der Waals surface area contributed by atoms with Crippen LogP contribution in [0.3, 0.4) is 0 Å². The number of rotatable bonds is 2. The Morgan fingerprint density at radius 1 is 1.20 bits per heavy atom. The summed E-state index contributed by atoms with van der Waals surface area (Å²) in [6.45, 7) is 4.38. The minimum atomic E-state index is -0.0489. The molecule has 0 radical (unpaired) electrons. The van der Waals surface area contributed by atoms with Crippen LogP contribution in [-0.2, 0) is 10.2 Å². The molecule has 2 aromatic heterocycles. The van der Waals surface area contributed by atoms with Gasteiger partial charge in [-0.05, 0) is 41.7 Å². The molecule has 1 aromatic carbocycles. The highest BCUT2D eigenvalue weighted by Crippen LogP contribution is 2.39. The third-order valence-electron chi connectivity index (χ3n) is 4.71. The van der Waals surface area contributed by atoms with E-state index in [4.69, 9.17) is 4.98 Å². The summed E-state index contributed by atoms with van der Waals surface area (Å²) in [5.74, 6) is 0.0899. The molecule has 1 N–H and O–H groups in total. The Hall–Kier alpha value is -2.53. The summed E-state index contributed by atoms with van der Waals surface area (Å²) in [6, 6.07) is 10.1. The largest absolute Gasteiger partial charge is 0.326 e. The highest BCUT2D eigenvalue weighted by molar-refractivity contribution is 7.13. The first-order chi connectivity index (χ1) is 12.0. The molecule has 5 heteroatoms. The number of aromatic nitrogens is 2. The van der Waals surface area contributed by atoms with Crippen molar-refractivity contribution in [1.29, 1.82) is 0 Å². The van der Waals surface area contributed by atoms with Gasteiger partial charge in [-0.1, -0.05) is 19.9 Å². The molecule has 0 saturated heterocycles. The van der Waals surface area contributed by atoms with Crippen LogP contribution in [0.15, 0.2) is 48.1 Å². The fourth-order valence-corrected chi connectivity index (χ4v) is 3.99. The number of nitrogens with zero attached hydrogens (tertiary/aromatic N) is 2. The van der Waals surface area contributed by atoms with E-state index >= 15 is 0 Å². The standard InChI is InChI=1S/C20H19N3OS/c1-20(2)8-7-18(24)22-16-6-5-13(10-15(16)20)17-12-25-19(23-17)14-4-3-9-21-11-14/h3-6,9-12H,7-8H2,1-2H3,(H,22,24). The van der Waals surface area contributed by atoms with Crippen molar-refractivity contribution in [3.63, 3.8) is 0 Å². The SMILES string of the molecule is CC1(C)CCC(=O)Nc2ccc(-c3csc(-c4cccnc4)n3)cc21. The van der Waals surface area contributed by atoms with Gasteiger partial charge in [0.2, 0.25) is 5.91 Å². The van der Waals surface area contributed by atoms with Gasteiger partial charge >= 0.3 is 0 Å². The normalized spacial score (nSPS) is 16.0. The van der Waals surface area contributed by atoms with Crippen molar-refractivity contribution in [1.82, 2.24) is 9.97 Å². The van der Waals surface area contributed by atoms with Gasteiger partial charge in [-0.25, -0.2) is 4.98 Å². The summed E-state index contributed by atoms with van der Waals surface area (Å²) in [6.07, 6.45) is 4.99. The van der Waals surface area contributed by atoms with Gasteiger partial charge in [-0.2, -0.15) is 0 Å². The number of hydrogen-bond acceptors (Lipinski definition) is 4. The van der Waals surface area contributed by atoms with Gasteiger partial charge in [-0.3, -0.25) is 9.78 Å². The third kappa shape index (κ3) is 3.07. The Labute approximate surface area is 151 Å². The minimum Gasteiger partial charge on any atom is -0.326 e. The molecule has 4 rings (SSSR count). The molecule has 1 aliphatic heterocycles. The number of pyridine rings is 1. The summed E-state index contributed by atoms with van der Waals surface area (Å²) in [4.78, 5) is 20.9. The van der Waals surface area contributed by atoms with Crippen molar-refractivity contribution in [2.75, 3.05) is 5.32 Å². The number of amides is 1. The van der Waals surface area contributed by atoms with Gasteiger partial charge in [0.25, 0.3) is 0 Å². The van der Waals surface area contributed by atoms with Crippen LogP contribution in [0.4, 0.5) is 5.69 Å². The van der Waals surface area contributed by atoms with E-state index in [-0.39, 0.29) is 11.3 Å². The van der Waals surface area contributed by atoms with Crippen LogP contribution >= 0.6 is 11.3 Å². The molecular weight excluding hydrogens is 330 g/mol. The lowest BCUT2D eigenvalue weighted by Gasteiger charge is -2.25. The first-order valence-electron chi connectivity index (χ1n) is 8.34. The fourth-order valence-electron chi connectivity index (χ4n) is 3.17. The molecule has 4 nitrogen and oxygen atoms in total. The van der Waals surface area contributed by atoms with Gasteiger partial charge in [-0.15, -0.1) is 11.3 Å². The lowest BCUT2D eigenvalue weighted by Crippen LogP contribution is -2.16. The molecular formula is C20H19N3OS. The predicted octanol–water partition coefficient (Wildman–Crippen LogP) is 4.88. The van der Waals surface area contributed by atoms with E-state index in [2.05, 4.69) is 35.6 Å². The van der Waals surface area contributed by atoms with Crippen LogP contribution in [0.5, 0.6) is 0 Å². The number of thiazole rings is 1. The maximum absolute atomic E-state index is 11.9. The van der Waals surface area contributed by atoms with Gasteiger partial charge < -0.3 is 5.32 Å². The van der Waals surface area contributed by atoms with E-state index in [9.17, 15) is 4.79 Å². The number of nitrogens with one attached hydrogen (secondary N) is 1. The lowest BCUT2D eigenvalue weighted by molar-refractivity contribution is -0.116. The number of benzene rings is 1. The smallest absolute Gasteiger partial charge is 0.224 e. The van der Waals surface area contributed by atoms with Crippen molar-refractivity contribution in [3.8, 4) is 21.8 Å². The predicted molar refractivity (Wildman–Crippen MR) is 102 cm³/mol. The lowest BCUT2D eigenvalue weighted by atomic mass is 9.80. The number of carbonyl (C=O) groups is 1. The summed E-state index contributed by atoms with van der Waals surface area (Å²) in [7, 11) is 0. The number of carbonyl (C=O) groups excluding carboxylic acids is 1. The Bertz CT molecular complexity index is 931. The molecule has 1 aliphatic rings.